The Morgan fingerprint density at radius 3 is 2.60 bits per heavy atom. The van der Waals surface area contributed by atoms with Gasteiger partial charge < -0.3 is 20.7 Å². The van der Waals surface area contributed by atoms with Crippen LogP contribution in [-0.2, 0) is 11.3 Å². The largest absolute Gasteiger partial charge is 0.393 e. The lowest BCUT2D eigenvalue weighted by Crippen LogP contribution is -2.25. The lowest BCUT2D eigenvalue weighted by atomic mass is 10.3. The van der Waals surface area contributed by atoms with Crippen LogP contribution >= 0.6 is 11.6 Å². The molecule has 0 aliphatic carbocycles. The molecule has 0 spiro atoms. The van der Waals surface area contributed by atoms with Crippen LogP contribution in [0.5, 0.6) is 0 Å². The third-order valence-corrected chi connectivity index (χ3v) is 3.34. The number of anilines is 2. The number of aromatic nitrogens is 2. The highest BCUT2D eigenvalue weighted by atomic mass is 35.5. The van der Waals surface area contributed by atoms with Gasteiger partial charge in [0.1, 0.15) is 12.3 Å². The summed E-state index contributed by atoms with van der Waals surface area (Å²) >= 11 is 5.98. The highest BCUT2D eigenvalue weighted by Crippen LogP contribution is 2.23. The van der Waals surface area contributed by atoms with E-state index in [9.17, 15) is 0 Å². The Bertz CT molecular complexity index is 412. The molecule has 0 fully saturated rings. The van der Waals surface area contributed by atoms with Crippen molar-refractivity contribution in [2.24, 2.45) is 0 Å². The van der Waals surface area contributed by atoms with E-state index >= 15 is 0 Å². The Kier molecular flexibility index (Phi) is 7.58. The third-order valence-electron chi connectivity index (χ3n) is 3.06. The van der Waals surface area contributed by atoms with Crippen LogP contribution in [0.3, 0.4) is 0 Å². The van der Waals surface area contributed by atoms with Crippen molar-refractivity contribution in [2.45, 2.75) is 26.9 Å². The smallest absolute Gasteiger partial charge is 0.158 e. The van der Waals surface area contributed by atoms with Crippen LogP contribution < -0.4 is 11.1 Å². The SMILES string of the molecule is CCN(CC)CCCNc1nc(COC)nc(Cl)c1N. The summed E-state index contributed by atoms with van der Waals surface area (Å²) in [4.78, 5) is 10.7. The summed E-state index contributed by atoms with van der Waals surface area (Å²) < 4.78 is 5.01. The Morgan fingerprint density at radius 1 is 1.30 bits per heavy atom. The molecule has 0 aromatic carbocycles. The van der Waals surface area contributed by atoms with Crippen LogP contribution in [-0.4, -0.2) is 48.2 Å². The van der Waals surface area contributed by atoms with Crippen molar-refractivity contribution in [1.29, 1.82) is 0 Å². The molecular formula is C13H24ClN5O. The maximum absolute atomic E-state index is 5.98. The number of nitrogens with zero attached hydrogens (tertiary/aromatic N) is 3. The molecule has 0 radical (unpaired) electrons. The van der Waals surface area contributed by atoms with Crippen molar-refractivity contribution >= 4 is 23.1 Å². The fourth-order valence-electron chi connectivity index (χ4n) is 1.86. The number of methoxy groups -OCH3 is 1. The molecule has 1 aromatic rings. The lowest BCUT2D eigenvalue weighted by molar-refractivity contribution is 0.178. The summed E-state index contributed by atoms with van der Waals surface area (Å²) in [5.74, 6) is 1.11. The van der Waals surface area contributed by atoms with Crippen molar-refractivity contribution < 1.29 is 4.74 Å². The number of nitrogens with one attached hydrogen (secondary N) is 1. The normalized spacial score (nSPS) is 11.1. The van der Waals surface area contributed by atoms with E-state index < -0.39 is 0 Å². The number of hydrogen-bond acceptors (Lipinski definition) is 6. The van der Waals surface area contributed by atoms with Gasteiger partial charge in [-0.15, -0.1) is 0 Å². The molecule has 0 saturated carbocycles. The van der Waals surface area contributed by atoms with Gasteiger partial charge in [-0.2, -0.15) is 0 Å². The molecule has 0 aliphatic rings. The van der Waals surface area contributed by atoms with Gasteiger partial charge in [-0.25, -0.2) is 9.97 Å². The highest BCUT2D eigenvalue weighted by Gasteiger charge is 2.10. The predicted octanol–water partition coefficient (Wildman–Crippen LogP) is 2.00. The van der Waals surface area contributed by atoms with Crippen LogP contribution in [0.15, 0.2) is 0 Å². The number of rotatable bonds is 9. The molecule has 20 heavy (non-hydrogen) atoms. The van der Waals surface area contributed by atoms with Gasteiger partial charge in [-0.1, -0.05) is 25.4 Å². The molecule has 0 saturated heterocycles. The quantitative estimate of drug-likeness (QED) is 0.537. The number of ether oxygens (including phenoxy) is 1. The molecule has 0 bridgehead atoms. The highest BCUT2D eigenvalue weighted by molar-refractivity contribution is 6.32. The van der Waals surface area contributed by atoms with E-state index in [1.165, 1.54) is 0 Å². The Balaban J connectivity index is 2.54. The fourth-order valence-corrected chi connectivity index (χ4v) is 2.05. The van der Waals surface area contributed by atoms with Crippen molar-refractivity contribution in [2.75, 3.05) is 44.3 Å². The second-order valence-electron chi connectivity index (χ2n) is 4.43. The molecule has 0 amide bonds. The van der Waals surface area contributed by atoms with Gasteiger partial charge in [0.15, 0.2) is 16.8 Å². The molecule has 114 valence electrons. The van der Waals surface area contributed by atoms with Crippen LogP contribution in [0.25, 0.3) is 0 Å². The minimum Gasteiger partial charge on any atom is -0.393 e. The molecule has 7 heteroatoms. The topological polar surface area (TPSA) is 76.3 Å². The molecule has 0 unspecified atom stereocenters. The average molecular weight is 302 g/mol. The molecule has 0 aliphatic heterocycles. The average Bonchev–Trinajstić information content (AvgIpc) is 2.44. The second-order valence-corrected chi connectivity index (χ2v) is 4.79. The number of nitrogens with two attached hydrogens (primary N) is 1. The monoisotopic (exact) mass is 301 g/mol. The number of hydrogen-bond donors (Lipinski definition) is 2. The standard InChI is InChI=1S/C13H24ClN5O/c1-4-19(5-2)8-6-7-16-13-11(15)12(14)17-10(18-13)9-20-3/h4-9,15H2,1-3H3,(H,16,17,18). The number of nitrogen functional groups attached to an aromatic ring is 1. The summed E-state index contributed by atoms with van der Waals surface area (Å²) in [6.45, 7) is 8.61. The zero-order valence-corrected chi connectivity index (χ0v) is 13.2. The van der Waals surface area contributed by atoms with E-state index in [0.29, 0.717) is 23.9 Å². The lowest BCUT2D eigenvalue weighted by Gasteiger charge is -2.18. The predicted molar refractivity (Wildman–Crippen MR) is 83.1 cm³/mol. The van der Waals surface area contributed by atoms with E-state index in [-0.39, 0.29) is 5.15 Å². The first-order valence-electron chi connectivity index (χ1n) is 6.89. The maximum Gasteiger partial charge on any atom is 0.158 e. The van der Waals surface area contributed by atoms with Gasteiger partial charge in [0.25, 0.3) is 0 Å². The van der Waals surface area contributed by atoms with Crippen LogP contribution in [0, 0.1) is 0 Å². The van der Waals surface area contributed by atoms with Crippen molar-refractivity contribution in [1.82, 2.24) is 14.9 Å². The van der Waals surface area contributed by atoms with Gasteiger partial charge in [0.05, 0.1) is 0 Å². The molecular weight excluding hydrogens is 278 g/mol. The van der Waals surface area contributed by atoms with Crippen molar-refractivity contribution in [3.8, 4) is 0 Å². The van der Waals surface area contributed by atoms with E-state index in [1.54, 1.807) is 7.11 Å². The summed E-state index contributed by atoms with van der Waals surface area (Å²) in [5.41, 5.74) is 6.25. The summed E-state index contributed by atoms with van der Waals surface area (Å²) in [6, 6.07) is 0. The van der Waals surface area contributed by atoms with Gasteiger partial charge in [0.2, 0.25) is 0 Å². The van der Waals surface area contributed by atoms with Gasteiger partial charge >= 0.3 is 0 Å². The minimum atomic E-state index is 0.262. The zero-order chi connectivity index (χ0) is 15.0. The molecule has 3 N–H and O–H groups in total. The molecule has 1 heterocycles. The van der Waals surface area contributed by atoms with E-state index in [0.717, 1.165) is 32.6 Å². The maximum atomic E-state index is 5.98. The van der Waals surface area contributed by atoms with Crippen LogP contribution in [0.2, 0.25) is 5.15 Å². The first-order chi connectivity index (χ1) is 9.62. The molecule has 0 atom stereocenters. The van der Waals surface area contributed by atoms with Gasteiger partial charge in [0, 0.05) is 13.7 Å². The minimum absolute atomic E-state index is 0.262. The molecule has 1 aromatic heterocycles. The van der Waals surface area contributed by atoms with E-state index in [2.05, 4.69) is 34.0 Å². The molecule has 6 nitrogen and oxygen atoms in total. The summed E-state index contributed by atoms with van der Waals surface area (Å²) in [6.07, 6.45) is 1.02. The zero-order valence-electron chi connectivity index (χ0n) is 12.4. The molecule has 1 rings (SSSR count). The Labute approximate surface area is 125 Å². The number of halogens is 1. The fraction of sp³-hybridized carbons (Fsp3) is 0.692. The third kappa shape index (κ3) is 5.11. The van der Waals surface area contributed by atoms with Gasteiger partial charge in [-0.05, 0) is 26.1 Å². The van der Waals surface area contributed by atoms with Crippen LogP contribution in [0.4, 0.5) is 11.5 Å². The Hall–Kier alpha value is -1.11. The Morgan fingerprint density at radius 2 is 2.00 bits per heavy atom. The second kappa shape index (κ2) is 8.94. The summed E-state index contributed by atoms with van der Waals surface area (Å²) in [7, 11) is 1.59. The van der Waals surface area contributed by atoms with Crippen molar-refractivity contribution in [3.63, 3.8) is 0 Å². The summed E-state index contributed by atoms with van der Waals surface area (Å²) in [5, 5.41) is 3.48. The van der Waals surface area contributed by atoms with E-state index in [4.69, 9.17) is 22.1 Å². The van der Waals surface area contributed by atoms with Gasteiger partial charge in [-0.3, -0.25) is 0 Å². The first kappa shape index (κ1) is 16.9. The first-order valence-corrected chi connectivity index (χ1v) is 7.27. The van der Waals surface area contributed by atoms with Crippen molar-refractivity contribution in [3.05, 3.63) is 11.0 Å². The van der Waals surface area contributed by atoms with Crippen LogP contribution in [0.1, 0.15) is 26.1 Å². The van der Waals surface area contributed by atoms with E-state index in [1.807, 2.05) is 0 Å².